The lowest BCUT2D eigenvalue weighted by atomic mass is 9.99. The number of thioether (sulfide) groups is 1. The summed E-state index contributed by atoms with van der Waals surface area (Å²) in [5.41, 5.74) is -0.754. The first kappa shape index (κ1) is 11.8. The molecule has 1 unspecified atom stereocenters. The Morgan fingerprint density at radius 2 is 2.25 bits per heavy atom. The fourth-order valence-corrected chi connectivity index (χ4v) is 1.09. The molecule has 0 rings (SSSR count). The summed E-state index contributed by atoms with van der Waals surface area (Å²) in [5.74, 6) is 0.175. The third-order valence-corrected chi connectivity index (χ3v) is 2.61. The predicted octanol–water partition coefficient (Wildman–Crippen LogP) is 1.19. The van der Waals surface area contributed by atoms with Gasteiger partial charge in [-0.25, -0.2) is 0 Å². The smallest absolute Gasteiger partial charge is 0.323 e. The van der Waals surface area contributed by atoms with Crippen LogP contribution >= 0.6 is 11.8 Å². The minimum Gasteiger partial charge on any atom is -0.480 e. The highest BCUT2D eigenvalue weighted by Gasteiger charge is 2.29. The van der Waals surface area contributed by atoms with Gasteiger partial charge in [0.25, 0.3) is 0 Å². The van der Waals surface area contributed by atoms with Crippen molar-refractivity contribution in [2.24, 2.45) is 0 Å². The maximum Gasteiger partial charge on any atom is 0.323 e. The normalized spacial score (nSPS) is 15.6. The Morgan fingerprint density at radius 3 is 2.58 bits per heavy atom. The average molecular weight is 191 g/mol. The lowest BCUT2D eigenvalue weighted by Crippen LogP contribution is -2.49. The maximum absolute atomic E-state index is 10.8. The number of hydrogen-bond acceptors (Lipinski definition) is 3. The lowest BCUT2D eigenvalue weighted by Gasteiger charge is -2.24. The van der Waals surface area contributed by atoms with Crippen molar-refractivity contribution in [2.75, 3.05) is 18.6 Å². The number of hydrogen-bond donors (Lipinski definition) is 2. The lowest BCUT2D eigenvalue weighted by molar-refractivity contribution is -0.144. The maximum atomic E-state index is 10.8. The van der Waals surface area contributed by atoms with Gasteiger partial charge in [0.15, 0.2) is 0 Å². The molecule has 4 heteroatoms. The molecule has 0 aromatic rings. The molecule has 12 heavy (non-hydrogen) atoms. The van der Waals surface area contributed by atoms with Crippen LogP contribution in [0, 0.1) is 0 Å². The predicted molar refractivity (Wildman–Crippen MR) is 52.7 cm³/mol. The molecule has 0 aliphatic rings. The summed E-state index contributed by atoms with van der Waals surface area (Å²) in [6.07, 6.45) is 2.61. The topological polar surface area (TPSA) is 49.3 Å². The first-order chi connectivity index (χ1) is 5.56. The molecule has 0 fully saturated rings. The Balaban J connectivity index is 3.88. The third-order valence-electron chi connectivity index (χ3n) is 2.00. The summed E-state index contributed by atoms with van der Waals surface area (Å²) in [6, 6.07) is 0. The fourth-order valence-electron chi connectivity index (χ4n) is 0.781. The summed E-state index contributed by atoms with van der Waals surface area (Å²) in [4.78, 5) is 10.8. The van der Waals surface area contributed by atoms with E-state index in [1.165, 1.54) is 0 Å². The van der Waals surface area contributed by atoms with Gasteiger partial charge in [0.05, 0.1) is 0 Å². The van der Waals surface area contributed by atoms with Gasteiger partial charge in [-0.2, -0.15) is 11.8 Å². The second kappa shape index (κ2) is 5.43. The first-order valence-corrected chi connectivity index (χ1v) is 5.43. The highest BCUT2D eigenvalue weighted by molar-refractivity contribution is 7.98. The van der Waals surface area contributed by atoms with Crippen LogP contribution < -0.4 is 5.32 Å². The minimum atomic E-state index is -0.772. The van der Waals surface area contributed by atoms with Crippen LogP contribution in [0.25, 0.3) is 0 Å². The van der Waals surface area contributed by atoms with Gasteiger partial charge in [0, 0.05) is 12.3 Å². The first-order valence-electron chi connectivity index (χ1n) is 4.04. The van der Waals surface area contributed by atoms with Crippen molar-refractivity contribution in [3.8, 4) is 0 Å². The number of carboxylic acid groups (broad SMARTS) is 1. The molecule has 0 saturated carbocycles. The van der Waals surface area contributed by atoms with Crippen molar-refractivity contribution in [1.82, 2.24) is 5.32 Å². The van der Waals surface area contributed by atoms with E-state index in [4.69, 9.17) is 5.11 Å². The van der Waals surface area contributed by atoms with Gasteiger partial charge in [-0.15, -0.1) is 0 Å². The number of rotatable bonds is 6. The van der Waals surface area contributed by atoms with Crippen molar-refractivity contribution in [3.63, 3.8) is 0 Å². The molecule has 0 saturated heterocycles. The van der Waals surface area contributed by atoms with Crippen LogP contribution in [-0.2, 0) is 4.79 Å². The highest BCUT2D eigenvalue weighted by Crippen LogP contribution is 2.08. The number of carboxylic acids is 1. The molecule has 72 valence electrons. The zero-order chi connectivity index (χ0) is 9.61. The summed E-state index contributed by atoms with van der Waals surface area (Å²) < 4.78 is 0. The largest absolute Gasteiger partial charge is 0.480 e. The van der Waals surface area contributed by atoms with Gasteiger partial charge in [0.1, 0.15) is 5.54 Å². The van der Waals surface area contributed by atoms with Gasteiger partial charge in [0.2, 0.25) is 0 Å². The molecular weight excluding hydrogens is 174 g/mol. The molecule has 0 aromatic heterocycles. The summed E-state index contributed by atoms with van der Waals surface area (Å²) in [6.45, 7) is 4.34. The van der Waals surface area contributed by atoms with Crippen molar-refractivity contribution in [1.29, 1.82) is 0 Å². The van der Waals surface area contributed by atoms with Crippen LogP contribution in [0.2, 0.25) is 0 Å². The van der Waals surface area contributed by atoms with Crippen LogP contribution in [0.3, 0.4) is 0 Å². The van der Waals surface area contributed by atoms with Crippen molar-refractivity contribution < 1.29 is 9.90 Å². The molecule has 0 spiro atoms. The summed E-state index contributed by atoms with van der Waals surface area (Å²) in [5, 5.41) is 11.9. The number of nitrogens with one attached hydrogen (secondary N) is 1. The molecular formula is C8H17NO2S. The van der Waals surface area contributed by atoms with Crippen molar-refractivity contribution in [2.45, 2.75) is 25.8 Å². The summed E-state index contributed by atoms with van der Waals surface area (Å²) >= 11 is 1.71. The minimum absolute atomic E-state index is 0.608. The van der Waals surface area contributed by atoms with Gasteiger partial charge >= 0.3 is 5.97 Å². The molecule has 1 atom stereocenters. The van der Waals surface area contributed by atoms with E-state index in [1.54, 1.807) is 18.7 Å². The Morgan fingerprint density at radius 1 is 1.67 bits per heavy atom. The van der Waals surface area contributed by atoms with Gasteiger partial charge < -0.3 is 10.4 Å². The van der Waals surface area contributed by atoms with Crippen LogP contribution in [0.1, 0.15) is 20.3 Å². The monoisotopic (exact) mass is 191 g/mol. The standard InChI is InChI=1S/C8H17NO2S/c1-4-8(2,7(10)11)9-5-6-12-3/h9H,4-6H2,1-3H3,(H,10,11). The zero-order valence-corrected chi connectivity index (χ0v) is 8.70. The number of aliphatic carboxylic acids is 1. The van der Waals surface area contributed by atoms with Crippen molar-refractivity contribution in [3.05, 3.63) is 0 Å². The van der Waals surface area contributed by atoms with E-state index < -0.39 is 11.5 Å². The average Bonchev–Trinajstić information content (AvgIpc) is 2.04. The molecule has 3 nitrogen and oxygen atoms in total. The molecule has 0 amide bonds. The fraction of sp³-hybridized carbons (Fsp3) is 0.875. The molecule has 0 radical (unpaired) electrons. The van der Waals surface area contributed by atoms with Gasteiger partial charge in [-0.1, -0.05) is 6.92 Å². The van der Waals surface area contributed by atoms with E-state index in [0.717, 1.165) is 12.3 Å². The van der Waals surface area contributed by atoms with Gasteiger partial charge in [-0.05, 0) is 19.6 Å². The van der Waals surface area contributed by atoms with E-state index in [2.05, 4.69) is 5.32 Å². The van der Waals surface area contributed by atoms with E-state index >= 15 is 0 Å². The molecule has 0 aromatic carbocycles. The van der Waals surface area contributed by atoms with E-state index in [9.17, 15) is 4.79 Å². The van der Waals surface area contributed by atoms with Crippen LogP contribution in [0.15, 0.2) is 0 Å². The third kappa shape index (κ3) is 3.45. The quantitative estimate of drug-likeness (QED) is 0.619. The SMILES string of the molecule is CCC(C)(NCCSC)C(=O)O. The van der Waals surface area contributed by atoms with E-state index in [1.807, 2.05) is 13.2 Å². The Kier molecular flexibility index (Phi) is 5.33. The molecule has 0 aliphatic carbocycles. The van der Waals surface area contributed by atoms with E-state index in [0.29, 0.717) is 6.42 Å². The second-order valence-electron chi connectivity index (χ2n) is 2.91. The summed E-state index contributed by atoms with van der Waals surface area (Å²) in [7, 11) is 0. The Hall–Kier alpha value is -0.220. The van der Waals surface area contributed by atoms with Gasteiger partial charge in [-0.3, -0.25) is 4.79 Å². The Labute approximate surface area is 77.9 Å². The van der Waals surface area contributed by atoms with Crippen LogP contribution in [-0.4, -0.2) is 35.2 Å². The zero-order valence-electron chi connectivity index (χ0n) is 7.89. The van der Waals surface area contributed by atoms with Crippen molar-refractivity contribution >= 4 is 17.7 Å². The molecule has 0 aliphatic heterocycles. The highest BCUT2D eigenvalue weighted by atomic mass is 32.2. The van der Waals surface area contributed by atoms with E-state index in [-0.39, 0.29) is 0 Å². The Bertz CT molecular complexity index is 152. The molecule has 0 bridgehead atoms. The van der Waals surface area contributed by atoms with Crippen LogP contribution in [0.5, 0.6) is 0 Å². The van der Waals surface area contributed by atoms with Crippen LogP contribution in [0.4, 0.5) is 0 Å². The number of carbonyl (C=O) groups is 1. The second-order valence-corrected chi connectivity index (χ2v) is 3.90. The molecule has 2 N–H and O–H groups in total. The molecule has 0 heterocycles.